The molecule has 1 aliphatic rings. The van der Waals surface area contributed by atoms with Crippen molar-refractivity contribution in [1.29, 1.82) is 0 Å². The van der Waals surface area contributed by atoms with Crippen LogP contribution in [0.1, 0.15) is 24.8 Å². The molecule has 1 unspecified atom stereocenters. The monoisotopic (exact) mass is 278 g/mol. The van der Waals surface area contributed by atoms with Crippen LogP contribution in [0.15, 0.2) is 24.3 Å². The minimum absolute atomic E-state index is 0.0232. The standard InChI is InChI=1S/C15H22N2OS/c1-19-11-9-12-5-7-13(8-6-12)17-15(18)14-4-2-3-10-16-14/h5-8,14,16H,2-4,9-11H2,1H3,(H,17,18). The molecule has 0 spiro atoms. The first-order chi connectivity index (χ1) is 9.29. The average Bonchev–Trinajstić information content (AvgIpc) is 2.47. The Balaban J connectivity index is 1.86. The third-order valence-corrected chi connectivity index (χ3v) is 4.06. The molecule has 1 fully saturated rings. The van der Waals surface area contributed by atoms with Crippen LogP contribution in [0, 0.1) is 0 Å². The predicted molar refractivity (Wildman–Crippen MR) is 82.8 cm³/mol. The Morgan fingerprint density at radius 2 is 2.16 bits per heavy atom. The van der Waals surface area contributed by atoms with Gasteiger partial charge in [0, 0.05) is 5.69 Å². The van der Waals surface area contributed by atoms with Crippen molar-refractivity contribution < 1.29 is 4.79 Å². The molecule has 104 valence electrons. The quantitative estimate of drug-likeness (QED) is 0.870. The second kappa shape index (κ2) is 7.56. The maximum absolute atomic E-state index is 12.0. The summed E-state index contributed by atoms with van der Waals surface area (Å²) in [5, 5.41) is 6.25. The number of thioether (sulfide) groups is 1. The number of hydrogen-bond donors (Lipinski definition) is 2. The van der Waals surface area contributed by atoms with Gasteiger partial charge in [0.2, 0.25) is 5.91 Å². The van der Waals surface area contributed by atoms with Gasteiger partial charge in [-0.3, -0.25) is 4.79 Å². The van der Waals surface area contributed by atoms with Crippen LogP contribution < -0.4 is 10.6 Å². The van der Waals surface area contributed by atoms with Gasteiger partial charge in [0.05, 0.1) is 6.04 Å². The summed E-state index contributed by atoms with van der Waals surface area (Å²) >= 11 is 1.85. The number of hydrogen-bond acceptors (Lipinski definition) is 3. The lowest BCUT2D eigenvalue weighted by Crippen LogP contribution is -2.43. The van der Waals surface area contributed by atoms with Gasteiger partial charge in [0.25, 0.3) is 0 Å². The summed E-state index contributed by atoms with van der Waals surface area (Å²) in [6, 6.07) is 8.16. The fourth-order valence-corrected chi connectivity index (χ4v) is 2.72. The van der Waals surface area contributed by atoms with Gasteiger partial charge in [-0.2, -0.15) is 11.8 Å². The molecule has 2 N–H and O–H groups in total. The third kappa shape index (κ3) is 4.55. The van der Waals surface area contributed by atoms with Crippen LogP contribution in [0.25, 0.3) is 0 Å². The molecule has 2 rings (SSSR count). The van der Waals surface area contributed by atoms with E-state index in [-0.39, 0.29) is 11.9 Å². The van der Waals surface area contributed by atoms with Crippen LogP contribution >= 0.6 is 11.8 Å². The molecule has 0 bridgehead atoms. The number of aryl methyl sites for hydroxylation is 1. The second-order valence-corrected chi connectivity index (χ2v) is 5.92. The molecule has 1 aliphatic heterocycles. The molecule has 1 atom stereocenters. The molecular weight excluding hydrogens is 256 g/mol. The lowest BCUT2D eigenvalue weighted by atomic mass is 10.0. The van der Waals surface area contributed by atoms with Gasteiger partial charge < -0.3 is 10.6 Å². The van der Waals surface area contributed by atoms with Crippen molar-refractivity contribution in [3.05, 3.63) is 29.8 Å². The number of anilines is 1. The van der Waals surface area contributed by atoms with Crippen LogP contribution in [0.3, 0.4) is 0 Å². The maximum atomic E-state index is 12.0. The average molecular weight is 278 g/mol. The second-order valence-electron chi connectivity index (χ2n) is 4.93. The van der Waals surface area contributed by atoms with E-state index in [2.05, 4.69) is 29.0 Å². The van der Waals surface area contributed by atoms with Gasteiger partial charge in [-0.05, 0) is 55.5 Å². The van der Waals surface area contributed by atoms with E-state index in [4.69, 9.17) is 0 Å². The Morgan fingerprint density at radius 1 is 1.37 bits per heavy atom. The lowest BCUT2D eigenvalue weighted by Gasteiger charge is -2.22. The van der Waals surface area contributed by atoms with E-state index in [0.717, 1.165) is 37.2 Å². The molecule has 1 amide bonds. The van der Waals surface area contributed by atoms with Crippen LogP contribution in [0.4, 0.5) is 5.69 Å². The van der Waals surface area contributed by atoms with Crippen molar-refractivity contribution in [2.75, 3.05) is 23.9 Å². The molecule has 19 heavy (non-hydrogen) atoms. The van der Waals surface area contributed by atoms with Crippen molar-refractivity contribution in [3.63, 3.8) is 0 Å². The number of benzene rings is 1. The molecule has 1 heterocycles. The van der Waals surface area contributed by atoms with Gasteiger partial charge in [-0.1, -0.05) is 18.6 Å². The normalized spacial score (nSPS) is 19.1. The van der Waals surface area contributed by atoms with Crippen molar-refractivity contribution >= 4 is 23.4 Å². The third-order valence-electron chi connectivity index (χ3n) is 3.44. The Bertz CT molecular complexity index is 399. The largest absolute Gasteiger partial charge is 0.325 e. The highest BCUT2D eigenvalue weighted by molar-refractivity contribution is 7.98. The highest BCUT2D eigenvalue weighted by atomic mass is 32.2. The van der Waals surface area contributed by atoms with Crippen LogP contribution in [-0.2, 0) is 11.2 Å². The van der Waals surface area contributed by atoms with E-state index in [1.165, 1.54) is 12.0 Å². The summed E-state index contributed by atoms with van der Waals surface area (Å²) < 4.78 is 0. The molecule has 0 radical (unpaired) electrons. The van der Waals surface area contributed by atoms with E-state index in [0.29, 0.717) is 0 Å². The van der Waals surface area contributed by atoms with Gasteiger partial charge >= 0.3 is 0 Å². The van der Waals surface area contributed by atoms with E-state index in [1.54, 1.807) is 0 Å². The van der Waals surface area contributed by atoms with Crippen molar-refractivity contribution in [3.8, 4) is 0 Å². The molecule has 0 aliphatic carbocycles. The van der Waals surface area contributed by atoms with Crippen molar-refractivity contribution in [1.82, 2.24) is 5.32 Å². The highest BCUT2D eigenvalue weighted by Gasteiger charge is 2.20. The number of nitrogens with one attached hydrogen (secondary N) is 2. The van der Waals surface area contributed by atoms with E-state index in [1.807, 2.05) is 23.9 Å². The molecule has 3 nitrogen and oxygen atoms in total. The number of carbonyl (C=O) groups excluding carboxylic acids is 1. The first-order valence-corrected chi connectivity index (χ1v) is 8.31. The Kier molecular flexibility index (Phi) is 5.73. The highest BCUT2D eigenvalue weighted by Crippen LogP contribution is 2.14. The summed E-state index contributed by atoms with van der Waals surface area (Å²) in [4.78, 5) is 12.0. The van der Waals surface area contributed by atoms with Crippen LogP contribution in [-0.4, -0.2) is 30.5 Å². The first kappa shape index (κ1) is 14.4. The van der Waals surface area contributed by atoms with E-state index >= 15 is 0 Å². The van der Waals surface area contributed by atoms with Gasteiger partial charge in [-0.15, -0.1) is 0 Å². The van der Waals surface area contributed by atoms with Crippen molar-refractivity contribution in [2.24, 2.45) is 0 Å². The Hall–Kier alpha value is -1.00. The SMILES string of the molecule is CSCCc1ccc(NC(=O)C2CCCCN2)cc1. The number of carbonyl (C=O) groups is 1. The zero-order valence-electron chi connectivity index (χ0n) is 11.4. The van der Waals surface area contributed by atoms with Gasteiger partial charge in [0.1, 0.15) is 0 Å². The summed E-state index contributed by atoms with van der Waals surface area (Å²) in [5.74, 6) is 1.23. The summed E-state index contributed by atoms with van der Waals surface area (Å²) in [5.41, 5.74) is 2.22. The molecule has 0 aromatic heterocycles. The molecule has 4 heteroatoms. The number of amides is 1. The molecular formula is C15H22N2OS. The smallest absolute Gasteiger partial charge is 0.241 e. The predicted octanol–water partition coefficient (Wildman–Crippen LogP) is 2.67. The first-order valence-electron chi connectivity index (χ1n) is 6.92. The molecule has 1 aromatic carbocycles. The van der Waals surface area contributed by atoms with Crippen molar-refractivity contribution in [2.45, 2.75) is 31.7 Å². The topological polar surface area (TPSA) is 41.1 Å². The summed E-state index contributed by atoms with van der Waals surface area (Å²) in [7, 11) is 0. The van der Waals surface area contributed by atoms with E-state index in [9.17, 15) is 4.79 Å². The number of piperidine rings is 1. The van der Waals surface area contributed by atoms with E-state index < -0.39 is 0 Å². The Labute approximate surface area is 119 Å². The number of rotatable bonds is 5. The minimum Gasteiger partial charge on any atom is -0.325 e. The van der Waals surface area contributed by atoms with Gasteiger partial charge in [-0.25, -0.2) is 0 Å². The zero-order chi connectivity index (χ0) is 13.5. The molecule has 1 saturated heterocycles. The molecule has 1 aromatic rings. The summed E-state index contributed by atoms with van der Waals surface area (Å²) in [6.07, 6.45) is 6.45. The maximum Gasteiger partial charge on any atom is 0.241 e. The molecule has 0 saturated carbocycles. The fourth-order valence-electron chi connectivity index (χ4n) is 2.28. The minimum atomic E-state index is -0.0232. The fraction of sp³-hybridized carbons (Fsp3) is 0.533. The lowest BCUT2D eigenvalue weighted by molar-refractivity contribution is -0.118. The summed E-state index contributed by atoms with van der Waals surface area (Å²) in [6.45, 7) is 0.950. The van der Waals surface area contributed by atoms with Gasteiger partial charge in [0.15, 0.2) is 0 Å². The van der Waals surface area contributed by atoms with Crippen LogP contribution in [0.2, 0.25) is 0 Å². The zero-order valence-corrected chi connectivity index (χ0v) is 12.3. The Morgan fingerprint density at radius 3 is 2.79 bits per heavy atom. The van der Waals surface area contributed by atoms with Crippen LogP contribution in [0.5, 0.6) is 0 Å².